The normalized spacial score (nSPS) is 34.8. The van der Waals surface area contributed by atoms with Crippen LogP contribution < -0.4 is 4.90 Å². The number of ether oxygens (including phenoxy) is 1. The zero-order chi connectivity index (χ0) is 15.5. The van der Waals surface area contributed by atoms with Crippen molar-refractivity contribution in [1.82, 2.24) is 0 Å². The number of anilines is 1. The molecule has 1 spiro atoms. The third kappa shape index (κ3) is 1.46. The lowest BCUT2D eigenvalue weighted by Gasteiger charge is -2.22. The number of hydrogen-bond acceptors (Lipinski definition) is 4. The van der Waals surface area contributed by atoms with Gasteiger partial charge in [-0.25, -0.2) is 0 Å². The Hall–Kier alpha value is -2.65. The van der Waals surface area contributed by atoms with E-state index in [1.807, 2.05) is 0 Å². The van der Waals surface area contributed by atoms with Gasteiger partial charge >= 0.3 is 5.97 Å². The van der Waals surface area contributed by atoms with Gasteiger partial charge in [-0.05, 0) is 12.1 Å². The summed E-state index contributed by atoms with van der Waals surface area (Å²) >= 11 is 0. The van der Waals surface area contributed by atoms with Crippen LogP contribution in [0.3, 0.4) is 0 Å². The van der Waals surface area contributed by atoms with E-state index in [1.54, 1.807) is 36.4 Å². The van der Waals surface area contributed by atoms with Crippen LogP contribution in [-0.4, -0.2) is 35.2 Å². The molecule has 22 heavy (non-hydrogen) atoms. The van der Waals surface area contributed by atoms with E-state index in [-0.39, 0.29) is 12.5 Å². The van der Waals surface area contributed by atoms with Crippen LogP contribution in [0, 0.1) is 23.2 Å². The van der Waals surface area contributed by atoms with E-state index in [9.17, 15) is 20.0 Å². The molecule has 6 nitrogen and oxygen atoms in total. The monoisotopic (exact) mass is 296 g/mol. The first kappa shape index (κ1) is 13.0. The van der Waals surface area contributed by atoms with Gasteiger partial charge in [-0.15, -0.1) is 0 Å². The molecule has 1 aromatic rings. The van der Waals surface area contributed by atoms with Crippen LogP contribution in [0.25, 0.3) is 0 Å². The number of carboxylic acid groups (broad SMARTS) is 1. The Bertz CT molecular complexity index is 766. The highest BCUT2D eigenvalue weighted by Crippen LogP contribution is 2.52. The van der Waals surface area contributed by atoms with Gasteiger partial charge < -0.3 is 14.7 Å². The Kier molecular flexibility index (Phi) is 2.48. The standard InChI is InChI=1S/C16H12N2O4/c17-7-9-3-1-2-4-10(9)18-8-16-6-5-11(22-16)12(15(20)21)13(16)14(18)19/h1-6,11-13H,8H2,(H,20,21)/t11-,12+,13+,16-/m1/s1. The molecule has 0 aromatic heterocycles. The van der Waals surface area contributed by atoms with Crippen LogP contribution in [0.1, 0.15) is 5.56 Å². The van der Waals surface area contributed by atoms with Crippen molar-refractivity contribution in [2.75, 3.05) is 11.4 Å². The predicted molar refractivity (Wildman–Crippen MR) is 74.9 cm³/mol. The number of benzene rings is 1. The maximum Gasteiger partial charge on any atom is 0.310 e. The third-order valence-corrected chi connectivity index (χ3v) is 4.70. The molecule has 0 unspecified atom stereocenters. The number of carboxylic acids is 1. The molecule has 3 aliphatic rings. The Balaban J connectivity index is 1.79. The highest BCUT2D eigenvalue weighted by molar-refractivity contribution is 6.03. The van der Waals surface area contributed by atoms with Gasteiger partial charge in [0, 0.05) is 0 Å². The van der Waals surface area contributed by atoms with Crippen molar-refractivity contribution in [1.29, 1.82) is 5.26 Å². The number of amides is 1. The summed E-state index contributed by atoms with van der Waals surface area (Å²) in [7, 11) is 0. The van der Waals surface area contributed by atoms with Crippen LogP contribution in [0.15, 0.2) is 36.4 Å². The second kappa shape index (κ2) is 4.18. The summed E-state index contributed by atoms with van der Waals surface area (Å²) in [5.41, 5.74) is 0.00823. The molecule has 3 aliphatic heterocycles. The molecule has 2 saturated heterocycles. The Labute approximate surface area is 126 Å². The van der Waals surface area contributed by atoms with Gasteiger partial charge in [0.1, 0.15) is 17.6 Å². The summed E-state index contributed by atoms with van der Waals surface area (Å²) in [6.45, 7) is 0.242. The molecular weight excluding hydrogens is 284 g/mol. The minimum absolute atomic E-state index is 0.242. The minimum Gasteiger partial charge on any atom is -0.481 e. The molecule has 3 heterocycles. The molecule has 1 aromatic carbocycles. The first-order valence-corrected chi connectivity index (χ1v) is 6.98. The van der Waals surface area contributed by atoms with E-state index in [2.05, 4.69) is 6.07 Å². The number of carbonyl (C=O) groups is 2. The molecule has 0 radical (unpaired) electrons. The van der Waals surface area contributed by atoms with E-state index in [4.69, 9.17) is 4.74 Å². The molecule has 6 heteroatoms. The SMILES string of the molecule is N#Cc1ccccc1N1C[C@@]23C=C[C@@H](O2)[C@H](C(=O)O)[C@H]3C1=O. The van der Waals surface area contributed by atoms with Gasteiger partial charge in [-0.1, -0.05) is 24.3 Å². The fourth-order valence-electron chi connectivity index (χ4n) is 3.79. The molecule has 4 atom stereocenters. The first-order valence-electron chi connectivity index (χ1n) is 6.98. The van der Waals surface area contributed by atoms with Crippen molar-refractivity contribution >= 4 is 17.6 Å². The fraction of sp³-hybridized carbons (Fsp3) is 0.312. The van der Waals surface area contributed by atoms with Crippen molar-refractivity contribution in [2.45, 2.75) is 11.7 Å². The molecule has 4 rings (SSSR count). The lowest BCUT2D eigenvalue weighted by Crippen LogP contribution is -2.39. The van der Waals surface area contributed by atoms with Crippen molar-refractivity contribution < 1.29 is 19.4 Å². The number of rotatable bonds is 2. The lowest BCUT2D eigenvalue weighted by molar-refractivity contribution is -0.146. The van der Waals surface area contributed by atoms with Crippen molar-refractivity contribution in [3.8, 4) is 6.07 Å². The van der Waals surface area contributed by atoms with Crippen LogP contribution in [0.4, 0.5) is 5.69 Å². The van der Waals surface area contributed by atoms with Gasteiger partial charge in [-0.2, -0.15) is 5.26 Å². The average Bonchev–Trinajstić information content (AvgIpc) is 3.15. The molecule has 1 N–H and O–H groups in total. The smallest absolute Gasteiger partial charge is 0.310 e. The molecule has 1 amide bonds. The second-order valence-electron chi connectivity index (χ2n) is 5.79. The highest BCUT2D eigenvalue weighted by atomic mass is 16.5. The summed E-state index contributed by atoms with van der Waals surface area (Å²) in [5, 5.41) is 18.6. The minimum atomic E-state index is -1.02. The summed E-state index contributed by atoms with van der Waals surface area (Å²) in [6.07, 6.45) is 2.98. The number of aliphatic carboxylic acids is 1. The zero-order valence-corrected chi connectivity index (χ0v) is 11.5. The number of hydrogen-bond donors (Lipinski definition) is 1. The maximum atomic E-state index is 12.8. The third-order valence-electron chi connectivity index (χ3n) is 4.70. The van der Waals surface area contributed by atoms with Gasteiger partial charge in [-0.3, -0.25) is 9.59 Å². The fourth-order valence-corrected chi connectivity index (χ4v) is 3.79. The number of nitriles is 1. The zero-order valence-electron chi connectivity index (χ0n) is 11.5. The summed E-state index contributed by atoms with van der Waals surface area (Å²) in [5.74, 6) is -2.91. The molecule has 2 fully saturated rings. The second-order valence-corrected chi connectivity index (χ2v) is 5.79. The van der Waals surface area contributed by atoms with Crippen LogP contribution in [-0.2, 0) is 14.3 Å². The highest BCUT2D eigenvalue weighted by Gasteiger charge is 2.67. The van der Waals surface area contributed by atoms with Crippen LogP contribution in [0.2, 0.25) is 0 Å². The van der Waals surface area contributed by atoms with Crippen molar-refractivity contribution in [3.63, 3.8) is 0 Å². The van der Waals surface area contributed by atoms with Gasteiger partial charge in [0.25, 0.3) is 0 Å². The van der Waals surface area contributed by atoms with Gasteiger partial charge in [0.15, 0.2) is 0 Å². The summed E-state index contributed by atoms with van der Waals surface area (Å²) in [6, 6.07) is 8.87. The van der Waals surface area contributed by atoms with Crippen LogP contribution in [0.5, 0.6) is 0 Å². The largest absolute Gasteiger partial charge is 0.481 e. The van der Waals surface area contributed by atoms with E-state index in [0.29, 0.717) is 11.3 Å². The van der Waals surface area contributed by atoms with Gasteiger partial charge in [0.05, 0.1) is 29.8 Å². The Morgan fingerprint density at radius 3 is 2.95 bits per heavy atom. The van der Waals surface area contributed by atoms with Crippen molar-refractivity contribution in [2.24, 2.45) is 11.8 Å². The molecule has 2 bridgehead atoms. The quantitative estimate of drug-likeness (QED) is 0.820. The first-order chi connectivity index (χ1) is 10.6. The molecular formula is C16H12N2O4. The molecule has 0 saturated carbocycles. The van der Waals surface area contributed by atoms with Gasteiger partial charge in [0.2, 0.25) is 5.91 Å². The van der Waals surface area contributed by atoms with E-state index in [1.165, 1.54) is 4.90 Å². The molecule has 0 aliphatic carbocycles. The summed E-state index contributed by atoms with van der Waals surface area (Å²) < 4.78 is 5.82. The van der Waals surface area contributed by atoms with Crippen molar-refractivity contribution in [3.05, 3.63) is 42.0 Å². The topological polar surface area (TPSA) is 90.6 Å². The van der Waals surface area contributed by atoms with E-state index >= 15 is 0 Å². The lowest BCUT2D eigenvalue weighted by atomic mass is 9.77. The van der Waals surface area contributed by atoms with E-state index in [0.717, 1.165) is 0 Å². The predicted octanol–water partition coefficient (Wildman–Crippen LogP) is 0.929. The van der Waals surface area contributed by atoms with E-state index < -0.39 is 29.5 Å². The van der Waals surface area contributed by atoms with Crippen LogP contribution >= 0.6 is 0 Å². The number of nitrogens with zero attached hydrogens (tertiary/aromatic N) is 2. The molecule has 110 valence electrons. The summed E-state index contributed by atoms with van der Waals surface area (Å²) in [4.78, 5) is 25.8. The number of carbonyl (C=O) groups excluding carboxylic acids is 1. The Morgan fingerprint density at radius 2 is 2.23 bits per heavy atom. The average molecular weight is 296 g/mol. The number of para-hydroxylation sites is 1. The maximum absolute atomic E-state index is 12.8. The number of fused-ring (bicyclic) bond motifs is 1. The Morgan fingerprint density at radius 1 is 1.45 bits per heavy atom.